The molecule has 4 nitrogen and oxygen atoms in total. The van der Waals surface area contributed by atoms with Crippen molar-refractivity contribution in [3.05, 3.63) is 54.0 Å². The van der Waals surface area contributed by atoms with Crippen LogP contribution in [0.1, 0.15) is 42.5 Å². The van der Waals surface area contributed by atoms with Crippen molar-refractivity contribution >= 4 is 17.7 Å². The molecular weight excluding hydrogens is 298 g/mol. The van der Waals surface area contributed by atoms with Crippen molar-refractivity contribution in [3.63, 3.8) is 0 Å². The molecule has 2 atom stereocenters. The lowest BCUT2D eigenvalue weighted by Crippen LogP contribution is -2.33. The number of benzene rings is 1. The molecule has 0 saturated heterocycles. The maximum absolute atomic E-state index is 12.2. The average Bonchev–Trinajstić information content (AvgIpc) is 3.02. The Labute approximate surface area is 134 Å². The third kappa shape index (κ3) is 4.64. The minimum absolute atomic E-state index is 0.132. The molecule has 1 aromatic carbocycles. The van der Waals surface area contributed by atoms with E-state index in [1.807, 2.05) is 31.2 Å². The van der Waals surface area contributed by atoms with Gasteiger partial charge in [-0.3, -0.25) is 4.79 Å². The number of amides is 1. The minimum Gasteiger partial charge on any atom is -0.467 e. The van der Waals surface area contributed by atoms with Crippen LogP contribution in [-0.2, 0) is 0 Å². The molecule has 0 aliphatic carbocycles. The summed E-state index contributed by atoms with van der Waals surface area (Å²) < 4.78 is 5.16. The molecular formula is C17H21NO3S. The lowest BCUT2D eigenvalue weighted by molar-refractivity contribution is 0.0903. The number of hydrogen-bond acceptors (Lipinski definition) is 4. The molecule has 0 radical (unpaired) electrons. The van der Waals surface area contributed by atoms with Gasteiger partial charge in [0.25, 0.3) is 5.91 Å². The van der Waals surface area contributed by atoms with E-state index < -0.39 is 6.10 Å². The quantitative estimate of drug-likeness (QED) is 0.765. The second-order valence-corrected chi connectivity index (χ2v) is 6.44. The Morgan fingerprint density at radius 3 is 2.64 bits per heavy atom. The van der Waals surface area contributed by atoms with Crippen molar-refractivity contribution in [1.82, 2.24) is 5.32 Å². The number of aliphatic hydroxyl groups is 1. The van der Waals surface area contributed by atoms with Crippen LogP contribution in [0.4, 0.5) is 0 Å². The van der Waals surface area contributed by atoms with Crippen molar-refractivity contribution in [2.75, 3.05) is 5.75 Å². The van der Waals surface area contributed by atoms with Crippen LogP contribution in [0.5, 0.6) is 0 Å². The largest absolute Gasteiger partial charge is 0.467 e. The molecule has 22 heavy (non-hydrogen) atoms. The number of carbonyl (C=O) groups excluding carboxylic acids is 1. The first-order chi connectivity index (χ1) is 10.6. The second-order valence-electron chi connectivity index (χ2n) is 5.10. The van der Waals surface area contributed by atoms with Gasteiger partial charge in [-0.1, -0.05) is 6.92 Å². The summed E-state index contributed by atoms with van der Waals surface area (Å²) in [4.78, 5) is 13.3. The van der Waals surface area contributed by atoms with E-state index in [2.05, 4.69) is 12.2 Å². The van der Waals surface area contributed by atoms with E-state index in [0.29, 0.717) is 17.7 Å². The molecule has 0 aliphatic rings. The molecule has 0 saturated carbocycles. The highest BCUT2D eigenvalue weighted by Crippen LogP contribution is 2.20. The maximum Gasteiger partial charge on any atom is 0.251 e. The molecule has 2 N–H and O–H groups in total. The second kappa shape index (κ2) is 8.06. The number of furan rings is 1. The van der Waals surface area contributed by atoms with Crippen LogP contribution >= 0.6 is 11.8 Å². The topological polar surface area (TPSA) is 62.5 Å². The van der Waals surface area contributed by atoms with Gasteiger partial charge >= 0.3 is 0 Å². The van der Waals surface area contributed by atoms with Crippen LogP contribution in [0, 0.1) is 0 Å². The van der Waals surface area contributed by atoms with E-state index in [1.54, 1.807) is 23.9 Å². The fourth-order valence-corrected chi connectivity index (χ4v) is 2.83. The molecule has 2 aromatic rings. The Morgan fingerprint density at radius 1 is 1.32 bits per heavy atom. The molecule has 1 amide bonds. The predicted octanol–water partition coefficient (Wildman–Crippen LogP) is 3.63. The Bertz CT molecular complexity index is 580. The van der Waals surface area contributed by atoms with Gasteiger partial charge in [-0.2, -0.15) is 0 Å². The summed E-state index contributed by atoms with van der Waals surface area (Å²) in [6.07, 6.45) is 1.22. The standard InChI is InChI=1S/C17H21NO3S/c1-3-22-14-8-6-13(7-9-14)17(20)18-12(2)11-15(19)16-5-4-10-21-16/h4-10,12,15,19H,3,11H2,1-2H3,(H,18,20). The van der Waals surface area contributed by atoms with Crippen LogP contribution in [0.25, 0.3) is 0 Å². The van der Waals surface area contributed by atoms with Gasteiger partial charge in [0.2, 0.25) is 0 Å². The molecule has 1 aromatic heterocycles. The normalized spacial score (nSPS) is 13.6. The molecule has 5 heteroatoms. The van der Waals surface area contributed by atoms with Gasteiger partial charge in [0, 0.05) is 22.9 Å². The van der Waals surface area contributed by atoms with E-state index in [1.165, 1.54) is 6.26 Å². The Morgan fingerprint density at radius 2 is 2.05 bits per heavy atom. The van der Waals surface area contributed by atoms with Crippen molar-refractivity contribution in [2.24, 2.45) is 0 Å². The lowest BCUT2D eigenvalue weighted by Gasteiger charge is -2.16. The number of nitrogens with one attached hydrogen (secondary N) is 1. The van der Waals surface area contributed by atoms with Crippen LogP contribution in [-0.4, -0.2) is 22.8 Å². The number of rotatable bonds is 7. The van der Waals surface area contributed by atoms with Gasteiger partial charge in [0.15, 0.2) is 0 Å². The number of aliphatic hydroxyl groups excluding tert-OH is 1. The first kappa shape index (κ1) is 16.6. The van der Waals surface area contributed by atoms with Gasteiger partial charge in [0.1, 0.15) is 11.9 Å². The lowest BCUT2D eigenvalue weighted by atomic mass is 10.1. The van der Waals surface area contributed by atoms with Gasteiger partial charge < -0.3 is 14.8 Å². The van der Waals surface area contributed by atoms with Gasteiger partial charge in [-0.25, -0.2) is 0 Å². The van der Waals surface area contributed by atoms with Crippen LogP contribution in [0.3, 0.4) is 0 Å². The molecule has 2 rings (SSSR count). The Hall–Kier alpha value is -1.72. The van der Waals surface area contributed by atoms with E-state index >= 15 is 0 Å². The van der Waals surface area contributed by atoms with E-state index in [9.17, 15) is 9.90 Å². The molecule has 0 spiro atoms. The summed E-state index contributed by atoms with van der Waals surface area (Å²) in [6.45, 7) is 3.96. The highest BCUT2D eigenvalue weighted by molar-refractivity contribution is 7.99. The first-order valence-electron chi connectivity index (χ1n) is 7.35. The third-order valence-corrected chi connectivity index (χ3v) is 4.15. The smallest absolute Gasteiger partial charge is 0.251 e. The van der Waals surface area contributed by atoms with E-state index in [0.717, 1.165) is 10.6 Å². The van der Waals surface area contributed by atoms with Crippen LogP contribution in [0.15, 0.2) is 52.0 Å². The maximum atomic E-state index is 12.2. The zero-order chi connectivity index (χ0) is 15.9. The van der Waals surface area contributed by atoms with Crippen LogP contribution < -0.4 is 5.32 Å². The van der Waals surface area contributed by atoms with E-state index in [4.69, 9.17) is 4.42 Å². The van der Waals surface area contributed by atoms with Crippen molar-refractivity contribution < 1.29 is 14.3 Å². The van der Waals surface area contributed by atoms with Crippen molar-refractivity contribution in [2.45, 2.75) is 37.3 Å². The summed E-state index contributed by atoms with van der Waals surface area (Å²) in [5.41, 5.74) is 0.625. The third-order valence-electron chi connectivity index (χ3n) is 3.25. The summed E-state index contributed by atoms with van der Waals surface area (Å²) >= 11 is 1.74. The Balaban J connectivity index is 1.87. The molecule has 0 bridgehead atoms. The van der Waals surface area contributed by atoms with E-state index in [-0.39, 0.29) is 11.9 Å². The summed E-state index contributed by atoms with van der Waals surface area (Å²) in [5, 5.41) is 12.9. The predicted molar refractivity (Wildman–Crippen MR) is 88.1 cm³/mol. The molecule has 118 valence electrons. The zero-order valence-corrected chi connectivity index (χ0v) is 13.6. The first-order valence-corrected chi connectivity index (χ1v) is 8.34. The summed E-state index contributed by atoms with van der Waals surface area (Å²) in [5.74, 6) is 1.39. The summed E-state index contributed by atoms with van der Waals surface area (Å²) in [6, 6.07) is 10.8. The Kier molecular flexibility index (Phi) is 6.10. The molecule has 2 unspecified atom stereocenters. The fourth-order valence-electron chi connectivity index (χ4n) is 2.17. The van der Waals surface area contributed by atoms with Gasteiger partial charge in [-0.15, -0.1) is 11.8 Å². The van der Waals surface area contributed by atoms with Crippen LogP contribution in [0.2, 0.25) is 0 Å². The number of hydrogen-bond donors (Lipinski definition) is 2. The minimum atomic E-state index is -0.714. The monoisotopic (exact) mass is 319 g/mol. The number of carbonyl (C=O) groups is 1. The van der Waals surface area contributed by atoms with Crippen molar-refractivity contribution in [1.29, 1.82) is 0 Å². The zero-order valence-electron chi connectivity index (χ0n) is 12.8. The molecule has 0 fully saturated rings. The molecule has 0 aliphatic heterocycles. The fraction of sp³-hybridized carbons (Fsp3) is 0.353. The molecule has 1 heterocycles. The average molecular weight is 319 g/mol. The van der Waals surface area contributed by atoms with Gasteiger partial charge in [-0.05, 0) is 49.1 Å². The highest BCUT2D eigenvalue weighted by Gasteiger charge is 2.17. The SMILES string of the molecule is CCSc1ccc(C(=O)NC(C)CC(O)c2ccco2)cc1. The van der Waals surface area contributed by atoms with Gasteiger partial charge in [0.05, 0.1) is 6.26 Å². The highest BCUT2D eigenvalue weighted by atomic mass is 32.2. The number of thioether (sulfide) groups is 1. The van der Waals surface area contributed by atoms with Crippen molar-refractivity contribution in [3.8, 4) is 0 Å². The summed E-state index contributed by atoms with van der Waals surface area (Å²) in [7, 11) is 0.